The van der Waals surface area contributed by atoms with Crippen LogP contribution in [-0.2, 0) is 23.2 Å². The first-order chi connectivity index (χ1) is 13.3. The number of nitrogens with zero attached hydrogens (tertiary/aromatic N) is 3. The molecule has 2 aliphatic heterocycles. The van der Waals surface area contributed by atoms with E-state index < -0.39 is 0 Å². The molecule has 0 unspecified atom stereocenters. The summed E-state index contributed by atoms with van der Waals surface area (Å²) in [5.41, 5.74) is 5.92. The molecule has 2 aliphatic rings. The lowest BCUT2D eigenvalue weighted by Gasteiger charge is -2.26. The Morgan fingerprint density at radius 1 is 1.18 bits per heavy atom. The number of likely N-dealkylation sites (tertiary alicyclic amines) is 2. The first-order valence-electron chi connectivity index (χ1n) is 10.3. The Hall–Kier alpha value is -1.72. The summed E-state index contributed by atoms with van der Waals surface area (Å²) in [5, 5.41) is 0. The molecule has 0 bridgehead atoms. The van der Waals surface area contributed by atoms with Gasteiger partial charge < -0.3 is 4.90 Å². The van der Waals surface area contributed by atoms with Gasteiger partial charge in [-0.1, -0.05) is 45.0 Å². The van der Waals surface area contributed by atoms with E-state index in [1.807, 2.05) is 5.51 Å². The second kappa shape index (κ2) is 7.60. The van der Waals surface area contributed by atoms with Crippen LogP contribution in [-0.4, -0.2) is 45.9 Å². The fraction of sp³-hybridized carbons (Fsp3) is 0.565. The van der Waals surface area contributed by atoms with Crippen molar-refractivity contribution in [2.24, 2.45) is 0 Å². The van der Waals surface area contributed by atoms with Crippen LogP contribution in [0, 0.1) is 6.92 Å². The number of rotatable bonds is 5. The highest BCUT2D eigenvalue weighted by molar-refractivity contribution is 7.09. The topological polar surface area (TPSA) is 36.4 Å². The zero-order valence-electron chi connectivity index (χ0n) is 17.4. The van der Waals surface area contributed by atoms with E-state index in [1.165, 1.54) is 16.0 Å². The number of aryl methyl sites for hydroxylation is 1. The first kappa shape index (κ1) is 19.6. The van der Waals surface area contributed by atoms with Gasteiger partial charge in [-0.15, -0.1) is 11.3 Å². The van der Waals surface area contributed by atoms with Gasteiger partial charge in [0.15, 0.2) is 0 Å². The number of amides is 1. The Morgan fingerprint density at radius 2 is 1.93 bits per heavy atom. The molecule has 1 aromatic heterocycles. The van der Waals surface area contributed by atoms with Gasteiger partial charge in [-0.25, -0.2) is 4.98 Å². The van der Waals surface area contributed by atoms with Gasteiger partial charge in [0.2, 0.25) is 5.91 Å². The Labute approximate surface area is 172 Å². The molecular formula is C23H31N3OS. The molecule has 2 fully saturated rings. The summed E-state index contributed by atoms with van der Waals surface area (Å²) in [6, 6.07) is 9.79. The maximum atomic E-state index is 12.7. The van der Waals surface area contributed by atoms with Crippen LogP contribution in [0.15, 0.2) is 29.8 Å². The summed E-state index contributed by atoms with van der Waals surface area (Å²) in [6.45, 7) is 11.7. The lowest BCUT2D eigenvalue weighted by Crippen LogP contribution is -2.38. The fourth-order valence-electron chi connectivity index (χ4n) is 4.63. The van der Waals surface area contributed by atoms with Crippen LogP contribution < -0.4 is 0 Å². The number of fused-ring (bicyclic) bond motifs is 1. The highest BCUT2D eigenvalue weighted by Crippen LogP contribution is 2.34. The summed E-state index contributed by atoms with van der Waals surface area (Å²) in [6.07, 6.45) is 2.70. The van der Waals surface area contributed by atoms with Gasteiger partial charge in [-0.3, -0.25) is 9.69 Å². The van der Waals surface area contributed by atoms with Gasteiger partial charge in [0.25, 0.3) is 0 Å². The highest BCUT2D eigenvalue weighted by Gasteiger charge is 2.46. The van der Waals surface area contributed by atoms with Crippen molar-refractivity contribution in [3.8, 4) is 0 Å². The number of thiazole rings is 1. The maximum Gasteiger partial charge on any atom is 0.224 e. The summed E-state index contributed by atoms with van der Waals surface area (Å²) < 4.78 is 0. The molecule has 0 radical (unpaired) electrons. The van der Waals surface area contributed by atoms with Crippen molar-refractivity contribution in [2.75, 3.05) is 13.1 Å². The van der Waals surface area contributed by atoms with Gasteiger partial charge >= 0.3 is 0 Å². The van der Waals surface area contributed by atoms with Gasteiger partial charge in [0.1, 0.15) is 0 Å². The summed E-state index contributed by atoms with van der Waals surface area (Å²) >= 11 is 1.70. The summed E-state index contributed by atoms with van der Waals surface area (Å²) in [4.78, 5) is 23.0. The molecule has 28 heavy (non-hydrogen) atoms. The average Bonchev–Trinajstić information content (AvgIpc) is 3.30. The zero-order chi connectivity index (χ0) is 19.9. The monoisotopic (exact) mass is 397 g/mol. The number of carbonyl (C=O) groups is 1. The number of hydrogen-bond acceptors (Lipinski definition) is 4. The molecule has 0 aliphatic carbocycles. The largest absolute Gasteiger partial charge is 0.338 e. The van der Waals surface area contributed by atoms with Crippen molar-refractivity contribution < 1.29 is 4.79 Å². The van der Waals surface area contributed by atoms with Crippen molar-refractivity contribution >= 4 is 17.2 Å². The summed E-state index contributed by atoms with van der Waals surface area (Å²) in [7, 11) is 0. The van der Waals surface area contributed by atoms with E-state index in [0.717, 1.165) is 38.2 Å². The first-order valence-corrected chi connectivity index (χ1v) is 11.2. The molecule has 150 valence electrons. The number of carbonyl (C=O) groups excluding carboxylic acids is 1. The molecule has 1 amide bonds. The number of benzene rings is 1. The molecule has 3 heterocycles. The SMILES string of the molecule is Cc1ncsc1CCN1C(=O)C[C@H]2[C@@H]1CCN2Cc1ccc(C(C)(C)C)cc1. The van der Waals surface area contributed by atoms with E-state index in [4.69, 9.17) is 0 Å². The third-order valence-electron chi connectivity index (χ3n) is 6.36. The zero-order valence-corrected chi connectivity index (χ0v) is 18.3. The molecule has 2 aromatic rings. The fourth-order valence-corrected chi connectivity index (χ4v) is 5.40. The van der Waals surface area contributed by atoms with E-state index >= 15 is 0 Å². The standard InChI is InChI=1S/C23H31N3OS/c1-16-21(28-15-24-16)10-12-26-19-9-11-25(20(19)13-22(26)27)14-17-5-7-18(8-6-17)23(2,3)4/h5-8,15,19-20H,9-14H2,1-4H3/t19-,20-/m0/s1. The van der Waals surface area contributed by atoms with E-state index in [9.17, 15) is 4.79 Å². The third-order valence-corrected chi connectivity index (χ3v) is 7.35. The molecule has 4 rings (SSSR count). The Morgan fingerprint density at radius 3 is 2.57 bits per heavy atom. The van der Waals surface area contributed by atoms with E-state index in [1.54, 1.807) is 11.3 Å². The molecule has 0 spiro atoms. The van der Waals surface area contributed by atoms with Crippen LogP contribution in [0.5, 0.6) is 0 Å². The van der Waals surface area contributed by atoms with Crippen molar-refractivity contribution in [2.45, 2.75) is 71.0 Å². The van der Waals surface area contributed by atoms with Gasteiger partial charge in [0, 0.05) is 49.4 Å². The van der Waals surface area contributed by atoms with Gasteiger partial charge in [0.05, 0.1) is 11.2 Å². The minimum Gasteiger partial charge on any atom is -0.338 e. The normalized spacial score (nSPS) is 22.9. The van der Waals surface area contributed by atoms with Crippen LogP contribution >= 0.6 is 11.3 Å². The van der Waals surface area contributed by atoms with Crippen molar-refractivity contribution in [3.05, 3.63) is 51.5 Å². The van der Waals surface area contributed by atoms with E-state index in [0.29, 0.717) is 24.4 Å². The second-order valence-electron chi connectivity index (χ2n) is 9.24. The van der Waals surface area contributed by atoms with Crippen molar-refractivity contribution in [3.63, 3.8) is 0 Å². The van der Waals surface area contributed by atoms with Crippen LogP contribution in [0.2, 0.25) is 0 Å². The number of hydrogen-bond donors (Lipinski definition) is 0. The van der Waals surface area contributed by atoms with Crippen molar-refractivity contribution in [1.82, 2.24) is 14.8 Å². The molecule has 0 saturated carbocycles. The van der Waals surface area contributed by atoms with Gasteiger partial charge in [-0.05, 0) is 29.9 Å². The Kier molecular flexibility index (Phi) is 5.32. The van der Waals surface area contributed by atoms with Crippen LogP contribution in [0.1, 0.15) is 55.3 Å². The second-order valence-corrected chi connectivity index (χ2v) is 10.2. The Balaban J connectivity index is 1.39. The lowest BCUT2D eigenvalue weighted by atomic mass is 9.87. The van der Waals surface area contributed by atoms with E-state index in [-0.39, 0.29) is 5.41 Å². The highest BCUT2D eigenvalue weighted by atomic mass is 32.1. The van der Waals surface area contributed by atoms with Crippen molar-refractivity contribution in [1.29, 1.82) is 0 Å². The molecule has 0 N–H and O–H groups in total. The molecule has 5 heteroatoms. The molecule has 2 atom stereocenters. The maximum absolute atomic E-state index is 12.7. The van der Waals surface area contributed by atoms with Crippen LogP contribution in [0.3, 0.4) is 0 Å². The predicted octanol–water partition coefficient (Wildman–Crippen LogP) is 4.17. The predicted molar refractivity (Wildman–Crippen MR) is 115 cm³/mol. The van der Waals surface area contributed by atoms with Crippen LogP contribution in [0.4, 0.5) is 0 Å². The lowest BCUT2D eigenvalue weighted by molar-refractivity contribution is -0.129. The average molecular weight is 398 g/mol. The third kappa shape index (κ3) is 3.87. The van der Waals surface area contributed by atoms with Gasteiger partial charge in [-0.2, -0.15) is 0 Å². The molecule has 4 nitrogen and oxygen atoms in total. The van der Waals surface area contributed by atoms with Crippen LogP contribution in [0.25, 0.3) is 0 Å². The summed E-state index contributed by atoms with van der Waals surface area (Å²) in [5.74, 6) is 0.324. The van der Waals surface area contributed by atoms with E-state index in [2.05, 4.69) is 66.7 Å². The smallest absolute Gasteiger partial charge is 0.224 e. The number of aromatic nitrogens is 1. The Bertz CT molecular complexity index is 836. The molecule has 1 aromatic carbocycles. The molecular weight excluding hydrogens is 366 g/mol. The molecule has 2 saturated heterocycles. The minimum atomic E-state index is 0.187. The quantitative estimate of drug-likeness (QED) is 0.760. The minimum absolute atomic E-state index is 0.187.